The fraction of sp³-hybridized carbons (Fsp3) is 0.176. The number of fused-ring (bicyclic) bond motifs is 2. The van der Waals surface area contributed by atoms with E-state index in [1.54, 1.807) is 42.5 Å². The van der Waals surface area contributed by atoms with E-state index < -0.39 is 12.0 Å². The summed E-state index contributed by atoms with van der Waals surface area (Å²) in [7, 11) is 0. The Morgan fingerprint density at radius 1 is 0.920 bits per heavy atom. The van der Waals surface area contributed by atoms with E-state index in [1.807, 2.05) is 0 Å². The molecule has 8 heteroatoms. The molecule has 1 aliphatic heterocycles. The molecule has 0 saturated carbocycles. The first kappa shape index (κ1) is 16.0. The first-order valence-electron chi connectivity index (χ1n) is 7.42. The molecule has 0 unspecified atom stereocenters. The molecule has 1 aromatic heterocycles. The molecule has 0 spiro atoms. The van der Waals surface area contributed by atoms with Gasteiger partial charge in [-0.2, -0.15) is 13.2 Å². The second-order valence-corrected chi connectivity index (χ2v) is 6.34. The molecule has 0 radical (unpaired) electrons. The molecular weight excluding hydrogens is 353 g/mol. The van der Waals surface area contributed by atoms with Crippen molar-refractivity contribution < 1.29 is 22.6 Å². The predicted octanol–water partition coefficient (Wildman–Crippen LogP) is 4.57. The van der Waals surface area contributed by atoms with Gasteiger partial charge in [-0.05, 0) is 24.3 Å². The van der Waals surface area contributed by atoms with Crippen molar-refractivity contribution in [3.8, 4) is 11.5 Å². The highest BCUT2D eigenvalue weighted by atomic mass is 32.2. The lowest BCUT2D eigenvalue weighted by Gasteiger charge is -2.18. The minimum atomic E-state index is -4.61. The molecule has 0 aliphatic carbocycles. The van der Waals surface area contributed by atoms with Crippen LogP contribution in [0.3, 0.4) is 0 Å². The fourth-order valence-corrected chi connectivity index (χ4v) is 3.39. The zero-order valence-corrected chi connectivity index (χ0v) is 13.5. The number of halogens is 3. The van der Waals surface area contributed by atoms with E-state index in [2.05, 4.69) is 9.97 Å². The molecule has 0 saturated heterocycles. The van der Waals surface area contributed by atoms with Crippen LogP contribution in [0.2, 0.25) is 0 Å². The number of alkyl halides is 3. The number of hydrogen-bond acceptors (Lipinski definition) is 5. The molecule has 128 valence electrons. The molecule has 4 rings (SSSR count). The summed E-state index contributed by atoms with van der Waals surface area (Å²) in [5, 5.41) is 0.810. The molecule has 3 aromatic rings. The second kappa shape index (κ2) is 6.11. The predicted molar refractivity (Wildman–Crippen MR) is 86.1 cm³/mol. The third kappa shape index (κ3) is 3.21. The molecule has 0 N–H and O–H groups in total. The Morgan fingerprint density at radius 2 is 1.68 bits per heavy atom. The van der Waals surface area contributed by atoms with E-state index in [1.165, 1.54) is 0 Å². The first-order valence-corrected chi connectivity index (χ1v) is 8.24. The van der Waals surface area contributed by atoms with Gasteiger partial charge in [-0.15, -0.1) is 0 Å². The van der Waals surface area contributed by atoms with Gasteiger partial charge in [0.15, 0.2) is 11.5 Å². The Labute approximate surface area is 145 Å². The van der Waals surface area contributed by atoms with Crippen LogP contribution in [0.1, 0.15) is 5.82 Å². The first-order chi connectivity index (χ1) is 12.0. The van der Waals surface area contributed by atoms with Gasteiger partial charge in [0.25, 0.3) is 0 Å². The number of para-hydroxylation sites is 1. The highest BCUT2D eigenvalue weighted by Crippen LogP contribution is 2.39. The van der Waals surface area contributed by atoms with Crippen LogP contribution in [-0.4, -0.2) is 23.2 Å². The summed E-state index contributed by atoms with van der Waals surface area (Å²) in [4.78, 5) is 8.07. The van der Waals surface area contributed by atoms with Crippen LogP contribution in [0.5, 0.6) is 11.5 Å². The third-order valence-electron chi connectivity index (χ3n) is 3.55. The Hall–Kier alpha value is -2.48. The van der Waals surface area contributed by atoms with E-state index >= 15 is 0 Å². The number of rotatable bonds is 2. The lowest BCUT2D eigenvalue weighted by molar-refractivity contribution is -0.145. The van der Waals surface area contributed by atoms with Gasteiger partial charge in [-0.25, -0.2) is 9.97 Å². The summed E-state index contributed by atoms with van der Waals surface area (Å²) < 4.78 is 50.2. The van der Waals surface area contributed by atoms with Crippen LogP contribution >= 0.6 is 11.8 Å². The minimum absolute atomic E-state index is 0.245. The molecule has 0 amide bonds. The van der Waals surface area contributed by atoms with E-state index in [4.69, 9.17) is 9.47 Å². The van der Waals surface area contributed by atoms with Gasteiger partial charge < -0.3 is 9.47 Å². The zero-order valence-electron chi connectivity index (χ0n) is 12.7. The molecular formula is C17H11F3N2O2S. The van der Waals surface area contributed by atoms with Gasteiger partial charge in [-0.1, -0.05) is 30.0 Å². The monoisotopic (exact) mass is 364 g/mol. The lowest BCUT2D eigenvalue weighted by atomic mass is 10.2. The second-order valence-electron chi connectivity index (χ2n) is 5.27. The van der Waals surface area contributed by atoms with Crippen molar-refractivity contribution in [1.29, 1.82) is 0 Å². The van der Waals surface area contributed by atoms with Gasteiger partial charge in [0.05, 0.1) is 5.52 Å². The summed E-state index contributed by atoms with van der Waals surface area (Å²) in [5.41, 5.74) is 0.255. The van der Waals surface area contributed by atoms with E-state index in [0.29, 0.717) is 35.0 Å². The smallest absolute Gasteiger partial charge is 0.451 e. The van der Waals surface area contributed by atoms with Gasteiger partial charge in [0.2, 0.25) is 5.82 Å². The Balaban J connectivity index is 1.78. The molecule has 0 bridgehead atoms. The highest BCUT2D eigenvalue weighted by Gasteiger charge is 2.35. The van der Waals surface area contributed by atoms with Crippen molar-refractivity contribution >= 4 is 22.7 Å². The Bertz CT molecular complexity index is 947. The topological polar surface area (TPSA) is 44.2 Å². The van der Waals surface area contributed by atoms with E-state index in [0.717, 1.165) is 11.8 Å². The van der Waals surface area contributed by atoms with Gasteiger partial charge >= 0.3 is 6.18 Å². The summed E-state index contributed by atoms with van der Waals surface area (Å²) in [5.74, 6) is 0.0519. The summed E-state index contributed by atoms with van der Waals surface area (Å²) >= 11 is 1.13. The molecule has 4 nitrogen and oxygen atoms in total. The third-order valence-corrected chi connectivity index (χ3v) is 4.54. The van der Waals surface area contributed by atoms with E-state index in [-0.39, 0.29) is 10.5 Å². The lowest BCUT2D eigenvalue weighted by Crippen LogP contribution is -2.15. The average Bonchev–Trinajstić information content (AvgIpc) is 2.61. The molecule has 2 heterocycles. The van der Waals surface area contributed by atoms with Crippen LogP contribution < -0.4 is 9.47 Å². The maximum Gasteiger partial charge on any atom is 0.451 e. The maximum atomic E-state index is 13.1. The van der Waals surface area contributed by atoms with Crippen molar-refractivity contribution in [3.05, 3.63) is 48.3 Å². The SMILES string of the molecule is FC(F)(F)c1nc(Sc2ccc3c(c2)OCCO3)c2ccccc2n1. The number of aromatic nitrogens is 2. The van der Waals surface area contributed by atoms with Crippen LogP contribution in [0.15, 0.2) is 52.4 Å². The zero-order chi connectivity index (χ0) is 17.4. The van der Waals surface area contributed by atoms with Gasteiger partial charge in [0.1, 0.15) is 18.2 Å². The standard InChI is InChI=1S/C17H11F3N2O2S/c18-17(19,20)16-21-12-4-2-1-3-11(12)15(22-16)25-10-5-6-13-14(9-10)24-8-7-23-13/h1-6,9H,7-8H2. The average molecular weight is 364 g/mol. The number of nitrogens with zero attached hydrogens (tertiary/aromatic N) is 2. The minimum Gasteiger partial charge on any atom is -0.486 e. The number of benzene rings is 2. The molecule has 25 heavy (non-hydrogen) atoms. The summed E-state index contributed by atoms with van der Waals surface area (Å²) in [6, 6.07) is 11.9. The Morgan fingerprint density at radius 3 is 2.48 bits per heavy atom. The Kier molecular flexibility index (Phi) is 3.91. The summed E-state index contributed by atoms with van der Waals surface area (Å²) in [6.45, 7) is 0.917. The van der Waals surface area contributed by atoms with Crippen LogP contribution in [0.25, 0.3) is 10.9 Å². The largest absolute Gasteiger partial charge is 0.486 e. The van der Waals surface area contributed by atoms with Crippen LogP contribution in [0, 0.1) is 0 Å². The van der Waals surface area contributed by atoms with Gasteiger partial charge in [0, 0.05) is 10.3 Å². The van der Waals surface area contributed by atoms with Crippen LogP contribution in [0.4, 0.5) is 13.2 Å². The van der Waals surface area contributed by atoms with E-state index in [9.17, 15) is 13.2 Å². The number of hydrogen-bond donors (Lipinski definition) is 0. The fourth-order valence-electron chi connectivity index (χ4n) is 2.45. The van der Waals surface area contributed by atoms with Crippen molar-refractivity contribution in [2.24, 2.45) is 0 Å². The molecule has 2 aromatic carbocycles. The molecule has 0 atom stereocenters. The number of ether oxygens (including phenoxy) is 2. The quantitative estimate of drug-likeness (QED) is 0.623. The maximum absolute atomic E-state index is 13.1. The normalized spacial score (nSPS) is 13.9. The summed E-state index contributed by atoms with van der Waals surface area (Å²) in [6.07, 6.45) is -4.61. The van der Waals surface area contributed by atoms with Crippen LogP contribution in [-0.2, 0) is 6.18 Å². The van der Waals surface area contributed by atoms with Crippen molar-refractivity contribution in [2.75, 3.05) is 13.2 Å². The molecule has 1 aliphatic rings. The highest BCUT2D eigenvalue weighted by molar-refractivity contribution is 7.99. The van der Waals surface area contributed by atoms with Gasteiger partial charge in [-0.3, -0.25) is 0 Å². The van der Waals surface area contributed by atoms with Crippen molar-refractivity contribution in [1.82, 2.24) is 9.97 Å². The van der Waals surface area contributed by atoms with Crippen molar-refractivity contribution in [2.45, 2.75) is 16.1 Å². The molecule has 0 fully saturated rings. The van der Waals surface area contributed by atoms with Crippen molar-refractivity contribution in [3.63, 3.8) is 0 Å².